The van der Waals surface area contributed by atoms with Gasteiger partial charge in [0.2, 0.25) is 5.69 Å². The standard InChI is InChI=1S/C35H29N5O3/c1-42-31-22-18-29(19-23-31)39-33(41)38(28-16-10-5-11-17-28)34(26-12-6-3-7-13-26)35(39,27-14-8-4-9-15-27)37-40(36-34)30-20-24-32(43-2)25-21-30/h3-25H,1-2H3. The van der Waals surface area contributed by atoms with Gasteiger partial charge in [0, 0.05) is 23.5 Å². The normalized spacial score (nSPS) is 20.8. The number of hydrogen-bond acceptors (Lipinski definition) is 4. The number of methoxy groups -OCH3 is 2. The molecule has 2 aliphatic rings. The van der Waals surface area contributed by atoms with Crippen LogP contribution in [0.15, 0.2) is 145 Å². The Hall–Kier alpha value is -5.63. The van der Waals surface area contributed by atoms with E-state index in [0.29, 0.717) is 17.1 Å². The molecule has 5 aromatic carbocycles. The van der Waals surface area contributed by atoms with Gasteiger partial charge < -0.3 is 9.47 Å². The average molecular weight is 568 g/mol. The molecule has 2 amide bonds. The first-order valence-corrected chi connectivity index (χ1v) is 14.0. The van der Waals surface area contributed by atoms with Gasteiger partial charge in [-0.15, -0.1) is 4.81 Å². The van der Waals surface area contributed by atoms with Gasteiger partial charge in [0.15, 0.2) is 11.3 Å². The van der Waals surface area contributed by atoms with Crippen molar-refractivity contribution in [3.8, 4) is 11.5 Å². The van der Waals surface area contributed by atoms with E-state index in [1.54, 1.807) is 28.8 Å². The van der Waals surface area contributed by atoms with E-state index < -0.39 is 11.3 Å². The van der Waals surface area contributed by atoms with Gasteiger partial charge in [0.05, 0.1) is 14.2 Å². The summed E-state index contributed by atoms with van der Waals surface area (Å²) in [6.45, 7) is 0. The van der Waals surface area contributed by atoms with E-state index in [2.05, 4.69) is 0 Å². The Kier molecular flexibility index (Phi) is 6.31. The molecular formula is C35H29N5O3. The molecule has 7 rings (SSSR count). The van der Waals surface area contributed by atoms with Crippen LogP contribution in [0.25, 0.3) is 5.43 Å². The van der Waals surface area contributed by atoms with Crippen LogP contribution >= 0.6 is 0 Å². The van der Waals surface area contributed by atoms with Crippen LogP contribution in [-0.2, 0) is 11.3 Å². The fourth-order valence-corrected chi connectivity index (χ4v) is 6.07. The van der Waals surface area contributed by atoms with Gasteiger partial charge in [-0.3, -0.25) is 9.80 Å². The number of anilines is 2. The molecule has 2 atom stereocenters. The van der Waals surface area contributed by atoms with E-state index in [0.717, 1.165) is 22.6 Å². The number of fused-ring (bicyclic) bond motifs is 1. The molecule has 0 saturated carbocycles. The largest absolute Gasteiger partial charge is 0.497 e. The molecule has 0 aliphatic carbocycles. The van der Waals surface area contributed by atoms with Gasteiger partial charge in [-0.2, -0.15) is 10.5 Å². The summed E-state index contributed by atoms with van der Waals surface area (Å²) >= 11 is 0. The Balaban J connectivity index is 1.59. The number of carbonyl (C=O) groups excluding carboxylic acids is 1. The summed E-state index contributed by atoms with van der Waals surface area (Å²) in [7, 11) is 3.26. The van der Waals surface area contributed by atoms with E-state index in [4.69, 9.17) is 20.0 Å². The van der Waals surface area contributed by atoms with E-state index in [-0.39, 0.29) is 6.03 Å². The maximum absolute atomic E-state index is 15.0. The number of ether oxygens (including phenoxy) is 2. The number of amides is 2. The van der Waals surface area contributed by atoms with Crippen LogP contribution in [0.1, 0.15) is 11.1 Å². The van der Waals surface area contributed by atoms with E-state index in [1.807, 2.05) is 140 Å². The van der Waals surface area contributed by atoms with Crippen LogP contribution in [0.4, 0.5) is 21.9 Å². The lowest BCUT2D eigenvalue weighted by Gasteiger charge is -2.45. The van der Waals surface area contributed by atoms with E-state index >= 15 is 4.79 Å². The molecule has 5 aromatic rings. The van der Waals surface area contributed by atoms with Crippen LogP contribution in [0.3, 0.4) is 0 Å². The van der Waals surface area contributed by atoms with Crippen LogP contribution < -0.4 is 19.3 Å². The second-order valence-electron chi connectivity index (χ2n) is 10.3. The van der Waals surface area contributed by atoms with Crippen molar-refractivity contribution in [2.75, 3.05) is 24.0 Å². The van der Waals surface area contributed by atoms with E-state index in [1.165, 1.54) is 0 Å². The minimum absolute atomic E-state index is 0.258. The minimum Gasteiger partial charge on any atom is -0.497 e. The van der Waals surface area contributed by atoms with Crippen molar-refractivity contribution < 1.29 is 19.1 Å². The van der Waals surface area contributed by atoms with Crippen LogP contribution in [0, 0.1) is 0 Å². The summed E-state index contributed by atoms with van der Waals surface area (Å²) in [6.07, 6.45) is 0. The summed E-state index contributed by atoms with van der Waals surface area (Å²) in [6, 6.07) is 44.3. The lowest BCUT2D eigenvalue weighted by atomic mass is 9.81. The van der Waals surface area contributed by atoms with Gasteiger partial charge >= 0.3 is 6.03 Å². The molecular weight excluding hydrogens is 538 g/mol. The third-order valence-electron chi connectivity index (χ3n) is 8.00. The molecule has 0 radical (unpaired) electrons. The number of carbonyl (C=O) groups is 1. The van der Waals surface area contributed by atoms with Crippen LogP contribution in [-0.4, -0.2) is 25.1 Å². The number of nitrogens with zero attached hydrogens (tertiary/aromatic N) is 5. The predicted molar refractivity (Wildman–Crippen MR) is 165 cm³/mol. The Labute approximate surface area is 250 Å². The Bertz CT molecular complexity index is 1780. The summed E-state index contributed by atoms with van der Waals surface area (Å²) in [5.41, 5.74) is 6.43. The van der Waals surface area contributed by atoms with Crippen molar-refractivity contribution in [2.45, 2.75) is 11.3 Å². The van der Waals surface area contributed by atoms with Crippen molar-refractivity contribution in [3.05, 3.63) is 156 Å². The Morgan fingerprint density at radius 2 is 1.09 bits per heavy atom. The molecule has 0 aromatic heterocycles. The van der Waals surface area contributed by atoms with Crippen LogP contribution in [0.2, 0.25) is 0 Å². The molecule has 1 fully saturated rings. The van der Waals surface area contributed by atoms with Crippen molar-refractivity contribution in [3.63, 3.8) is 0 Å². The fraction of sp³-hybridized carbons (Fsp3) is 0.114. The molecule has 212 valence electrons. The van der Waals surface area contributed by atoms with E-state index in [9.17, 15) is 0 Å². The highest BCUT2D eigenvalue weighted by molar-refractivity contribution is 6.10. The molecule has 0 N–H and O–H groups in total. The zero-order chi connectivity index (χ0) is 29.4. The fourth-order valence-electron chi connectivity index (χ4n) is 6.07. The van der Waals surface area contributed by atoms with Gasteiger partial charge in [-0.05, 0) is 59.7 Å². The monoisotopic (exact) mass is 567 g/mol. The minimum atomic E-state index is -1.35. The molecule has 8 nitrogen and oxygen atoms in total. The molecule has 0 bridgehead atoms. The molecule has 0 spiro atoms. The highest BCUT2D eigenvalue weighted by Gasteiger charge is 2.71. The second-order valence-corrected chi connectivity index (χ2v) is 10.3. The molecule has 43 heavy (non-hydrogen) atoms. The first-order chi connectivity index (χ1) is 21.1. The zero-order valence-corrected chi connectivity index (χ0v) is 23.7. The Morgan fingerprint density at radius 3 is 1.65 bits per heavy atom. The Morgan fingerprint density at radius 1 is 0.605 bits per heavy atom. The summed E-state index contributed by atoms with van der Waals surface area (Å²) in [4.78, 5) is 20.2. The number of para-hydroxylation sites is 1. The smallest absolute Gasteiger partial charge is 0.330 e. The van der Waals surface area contributed by atoms with Crippen molar-refractivity contribution in [1.82, 2.24) is 0 Å². The van der Waals surface area contributed by atoms with Crippen molar-refractivity contribution in [1.29, 1.82) is 0 Å². The molecule has 1 saturated heterocycles. The highest BCUT2D eigenvalue weighted by Crippen LogP contribution is 2.64. The van der Waals surface area contributed by atoms with Gasteiger partial charge in [0.25, 0.3) is 0 Å². The molecule has 2 unspecified atom stereocenters. The molecule has 2 heterocycles. The number of rotatable bonds is 7. The number of benzene rings is 5. The number of azo groups is 1. The van der Waals surface area contributed by atoms with Gasteiger partial charge in [-0.1, -0.05) is 78.9 Å². The van der Waals surface area contributed by atoms with Crippen molar-refractivity contribution >= 4 is 23.1 Å². The SMILES string of the molecule is COc1ccc(N2C(=O)N(c3ccccc3)C3(c4ccccc4)N=[N+](c4ccc(OC)cc4)[N-]C23c2ccccc2)cc1. The third-order valence-corrected chi connectivity index (χ3v) is 8.00. The molecule has 8 heteroatoms. The summed E-state index contributed by atoms with van der Waals surface area (Å²) < 4.78 is 10.9. The first kappa shape index (κ1) is 26.3. The van der Waals surface area contributed by atoms with Gasteiger partial charge in [0.1, 0.15) is 11.5 Å². The topological polar surface area (TPSA) is 71.5 Å². The zero-order valence-electron chi connectivity index (χ0n) is 23.7. The predicted octanol–water partition coefficient (Wildman–Crippen LogP) is 7.96. The number of urea groups is 1. The number of hydrogen-bond donors (Lipinski definition) is 0. The molecule has 2 aliphatic heterocycles. The van der Waals surface area contributed by atoms with Crippen molar-refractivity contribution in [2.24, 2.45) is 5.11 Å². The lowest BCUT2D eigenvalue weighted by Crippen LogP contribution is -2.53. The second kappa shape index (κ2) is 10.3. The highest BCUT2D eigenvalue weighted by atomic mass is 16.5. The van der Waals surface area contributed by atoms with Gasteiger partial charge in [-0.25, -0.2) is 4.79 Å². The average Bonchev–Trinajstić information content (AvgIpc) is 3.53. The lowest BCUT2D eigenvalue weighted by molar-refractivity contribution is -0.457. The maximum atomic E-state index is 15.0. The third kappa shape index (κ3) is 3.87. The summed E-state index contributed by atoms with van der Waals surface area (Å²) in [5.74, 6) is 1.41. The first-order valence-electron chi connectivity index (χ1n) is 14.0. The van der Waals surface area contributed by atoms with Crippen LogP contribution in [0.5, 0.6) is 11.5 Å². The quantitative estimate of drug-likeness (QED) is 0.187. The maximum Gasteiger partial charge on any atom is 0.330 e. The summed E-state index contributed by atoms with van der Waals surface area (Å²) in [5, 5.41) is 5.41.